The standard InChI is InChI=1S/C18H13IN4OS/c1-20-10-13-16(11-5-4-6-12(19)9-11)22-23(17(13)24)18-21-14-7-2-3-8-15(14)25-18/h2-10,22H,1H3. The van der Waals surface area contributed by atoms with Gasteiger partial charge in [-0.3, -0.25) is 14.9 Å². The second kappa shape index (κ2) is 6.57. The zero-order chi connectivity index (χ0) is 17.4. The summed E-state index contributed by atoms with van der Waals surface area (Å²) in [7, 11) is 1.66. The van der Waals surface area contributed by atoms with Crippen molar-refractivity contribution < 1.29 is 0 Å². The topological polar surface area (TPSA) is 63.0 Å². The van der Waals surface area contributed by atoms with E-state index in [9.17, 15) is 4.79 Å². The third-order valence-electron chi connectivity index (χ3n) is 3.77. The van der Waals surface area contributed by atoms with Crippen molar-refractivity contribution in [1.29, 1.82) is 0 Å². The highest BCUT2D eigenvalue weighted by Crippen LogP contribution is 2.26. The highest BCUT2D eigenvalue weighted by Gasteiger charge is 2.17. The number of benzene rings is 2. The molecule has 0 radical (unpaired) electrons. The summed E-state index contributed by atoms with van der Waals surface area (Å²) in [4.78, 5) is 21.5. The number of hydrogen-bond acceptors (Lipinski definition) is 4. The van der Waals surface area contributed by atoms with E-state index >= 15 is 0 Å². The van der Waals surface area contributed by atoms with Crippen LogP contribution in [0.3, 0.4) is 0 Å². The highest BCUT2D eigenvalue weighted by molar-refractivity contribution is 14.1. The first-order valence-corrected chi connectivity index (χ1v) is 9.46. The van der Waals surface area contributed by atoms with Crippen LogP contribution in [0.15, 0.2) is 58.3 Å². The van der Waals surface area contributed by atoms with Gasteiger partial charge in [0.05, 0.1) is 21.5 Å². The van der Waals surface area contributed by atoms with E-state index in [1.807, 2.05) is 48.5 Å². The number of thiazole rings is 1. The Balaban J connectivity index is 1.95. The zero-order valence-corrected chi connectivity index (χ0v) is 16.2. The SMILES string of the molecule is CN=Cc1c(-c2cccc(I)c2)[nH]n(-c2nc3ccccc3s2)c1=O. The summed E-state index contributed by atoms with van der Waals surface area (Å²) in [5.41, 5.74) is 2.94. The number of H-pyrrole nitrogens is 1. The van der Waals surface area contributed by atoms with Crippen LogP contribution in [0.5, 0.6) is 0 Å². The second-order valence-corrected chi connectivity index (χ2v) is 7.66. The van der Waals surface area contributed by atoms with Crippen molar-refractivity contribution in [2.75, 3.05) is 7.05 Å². The molecule has 0 saturated carbocycles. The maximum absolute atomic E-state index is 12.9. The highest BCUT2D eigenvalue weighted by atomic mass is 127. The van der Waals surface area contributed by atoms with Gasteiger partial charge in [0.2, 0.25) is 5.13 Å². The van der Waals surface area contributed by atoms with Gasteiger partial charge in [0, 0.05) is 22.4 Å². The number of aromatic amines is 1. The molecular weight excluding hydrogens is 447 g/mol. The van der Waals surface area contributed by atoms with E-state index in [0.29, 0.717) is 10.7 Å². The van der Waals surface area contributed by atoms with Crippen LogP contribution < -0.4 is 5.56 Å². The third kappa shape index (κ3) is 2.93. The van der Waals surface area contributed by atoms with Gasteiger partial charge >= 0.3 is 0 Å². The van der Waals surface area contributed by atoms with Crippen LogP contribution in [-0.2, 0) is 0 Å². The monoisotopic (exact) mass is 460 g/mol. The molecule has 0 spiro atoms. The van der Waals surface area contributed by atoms with Crippen molar-refractivity contribution in [3.8, 4) is 16.4 Å². The van der Waals surface area contributed by atoms with Crippen LogP contribution in [0, 0.1) is 3.57 Å². The molecule has 0 bridgehead atoms. The van der Waals surface area contributed by atoms with E-state index in [-0.39, 0.29) is 5.56 Å². The average molecular weight is 460 g/mol. The summed E-state index contributed by atoms with van der Waals surface area (Å²) < 4.78 is 3.64. The fourth-order valence-electron chi connectivity index (χ4n) is 2.65. The minimum absolute atomic E-state index is 0.154. The van der Waals surface area contributed by atoms with Gasteiger partial charge in [-0.2, -0.15) is 4.68 Å². The fourth-order valence-corrected chi connectivity index (χ4v) is 4.12. The van der Waals surface area contributed by atoms with Crippen LogP contribution in [0.25, 0.3) is 26.6 Å². The number of nitrogens with one attached hydrogen (secondary N) is 1. The van der Waals surface area contributed by atoms with Gasteiger partial charge in [0.15, 0.2) is 0 Å². The van der Waals surface area contributed by atoms with Gasteiger partial charge < -0.3 is 0 Å². The van der Waals surface area contributed by atoms with Gasteiger partial charge in [-0.25, -0.2) is 4.98 Å². The van der Waals surface area contributed by atoms with Crippen LogP contribution in [-0.4, -0.2) is 28.0 Å². The van der Waals surface area contributed by atoms with Crippen LogP contribution in [0.1, 0.15) is 5.56 Å². The Morgan fingerprint density at radius 2 is 2.08 bits per heavy atom. The molecule has 0 amide bonds. The molecule has 4 aromatic rings. The number of aliphatic imine (C=N–C) groups is 1. The Morgan fingerprint density at radius 1 is 1.24 bits per heavy atom. The summed E-state index contributed by atoms with van der Waals surface area (Å²) >= 11 is 3.74. The Labute approximate surface area is 161 Å². The summed E-state index contributed by atoms with van der Waals surface area (Å²) in [6, 6.07) is 15.8. The molecule has 0 aliphatic carbocycles. The normalized spacial score (nSPS) is 11.6. The van der Waals surface area contributed by atoms with Gasteiger partial charge in [0.25, 0.3) is 5.56 Å². The molecule has 0 aliphatic rings. The quantitative estimate of drug-likeness (QED) is 0.370. The lowest BCUT2D eigenvalue weighted by molar-refractivity contribution is 0.845. The first-order chi connectivity index (χ1) is 12.2. The van der Waals surface area contributed by atoms with E-state index in [2.05, 4.69) is 37.7 Å². The largest absolute Gasteiger partial charge is 0.296 e. The summed E-state index contributed by atoms with van der Waals surface area (Å²) in [5.74, 6) is 0. The van der Waals surface area contributed by atoms with E-state index < -0.39 is 0 Å². The van der Waals surface area contributed by atoms with Crippen molar-refractivity contribution in [3.63, 3.8) is 0 Å². The Kier molecular flexibility index (Phi) is 4.26. The minimum Gasteiger partial charge on any atom is -0.296 e. The lowest BCUT2D eigenvalue weighted by Gasteiger charge is -2.00. The maximum Gasteiger partial charge on any atom is 0.282 e. The lowest BCUT2D eigenvalue weighted by Crippen LogP contribution is -2.16. The number of para-hydroxylation sites is 1. The minimum atomic E-state index is -0.154. The van der Waals surface area contributed by atoms with Crippen molar-refractivity contribution in [2.24, 2.45) is 4.99 Å². The van der Waals surface area contributed by atoms with Gasteiger partial charge in [-0.05, 0) is 46.9 Å². The fraction of sp³-hybridized carbons (Fsp3) is 0.0556. The molecule has 2 heterocycles. The number of hydrogen-bond donors (Lipinski definition) is 1. The number of fused-ring (bicyclic) bond motifs is 1. The Morgan fingerprint density at radius 3 is 2.84 bits per heavy atom. The Bertz CT molecular complexity index is 1120. The molecule has 4 rings (SSSR count). The number of aromatic nitrogens is 3. The van der Waals surface area contributed by atoms with Crippen LogP contribution in [0.4, 0.5) is 0 Å². The molecule has 2 aromatic heterocycles. The predicted octanol–water partition coefficient (Wildman–Crippen LogP) is 4.10. The first kappa shape index (κ1) is 16.2. The van der Waals surface area contributed by atoms with Crippen LogP contribution in [0.2, 0.25) is 0 Å². The molecular formula is C18H13IN4OS. The Hall–Kier alpha value is -2.26. The summed E-state index contributed by atoms with van der Waals surface area (Å²) in [6.07, 6.45) is 1.60. The molecule has 0 atom stereocenters. The number of nitrogens with zero attached hydrogens (tertiary/aromatic N) is 3. The van der Waals surface area contributed by atoms with Crippen molar-refractivity contribution in [3.05, 3.63) is 68.0 Å². The average Bonchev–Trinajstić information content (AvgIpc) is 3.17. The molecule has 1 N–H and O–H groups in total. The number of halogens is 1. The first-order valence-electron chi connectivity index (χ1n) is 7.56. The van der Waals surface area contributed by atoms with Crippen LogP contribution >= 0.6 is 33.9 Å². The van der Waals surface area contributed by atoms with E-state index in [0.717, 1.165) is 25.0 Å². The second-order valence-electron chi connectivity index (χ2n) is 5.40. The van der Waals surface area contributed by atoms with E-state index in [4.69, 9.17) is 0 Å². The van der Waals surface area contributed by atoms with Gasteiger partial charge in [-0.1, -0.05) is 35.6 Å². The van der Waals surface area contributed by atoms with Crippen molar-refractivity contribution in [2.45, 2.75) is 0 Å². The molecule has 0 aliphatic heterocycles. The molecule has 5 nitrogen and oxygen atoms in total. The lowest BCUT2D eigenvalue weighted by atomic mass is 10.1. The molecule has 7 heteroatoms. The summed E-state index contributed by atoms with van der Waals surface area (Å²) in [6.45, 7) is 0. The smallest absolute Gasteiger partial charge is 0.282 e. The molecule has 2 aromatic carbocycles. The molecule has 124 valence electrons. The molecule has 0 unspecified atom stereocenters. The molecule has 0 saturated heterocycles. The van der Waals surface area contributed by atoms with Gasteiger partial charge in [0.1, 0.15) is 0 Å². The predicted molar refractivity (Wildman–Crippen MR) is 111 cm³/mol. The van der Waals surface area contributed by atoms with E-state index in [1.54, 1.807) is 13.3 Å². The maximum atomic E-state index is 12.9. The molecule has 25 heavy (non-hydrogen) atoms. The third-order valence-corrected chi connectivity index (χ3v) is 5.46. The van der Waals surface area contributed by atoms with Gasteiger partial charge in [-0.15, -0.1) is 0 Å². The molecule has 0 fully saturated rings. The zero-order valence-electron chi connectivity index (χ0n) is 13.2. The summed E-state index contributed by atoms with van der Waals surface area (Å²) in [5, 5.41) is 3.83. The van der Waals surface area contributed by atoms with Crippen molar-refractivity contribution in [1.82, 2.24) is 14.8 Å². The van der Waals surface area contributed by atoms with Crippen molar-refractivity contribution >= 4 is 50.4 Å². The number of rotatable bonds is 3. The van der Waals surface area contributed by atoms with E-state index in [1.165, 1.54) is 16.0 Å².